The second-order valence-electron chi connectivity index (χ2n) is 6.13. The minimum atomic E-state index is 0.168. The van der Waals surface area contributed by atoms with E-state index in [-0.39, 0.29) is 5.91 Å². The van der Waals surface area contributed by atoms with Gasteiger partial charge in [0.2, 0.25) is 0 Å². The van der Waals surface area contributed by atoms with Crippen LogP contribution in [0.1, 0.15) is 36.0 Å². The molecule has 3 rings (SSSR count). The van der Waals surface area contributed by atoms with E-state index < -0.39 is 0 Å². The molecule has 19 heavy (non-hydrogen) atoms. The zero-order valence-corrected chi connectivity index (χ0v) is 13.5. The summed E-state index contributed by atoms with van der Waals surface area (Å²) in [5, 5.41) is 0. The molecule has 0 radical (unpaired) electrons. The average molecular weight is 369 g/mol. The molecule has 3 heteroatoms. The molecule has 0 spiro atoms. The fourth-order valence-corrected chi connectivity index (χ4v) is 4.42. The molecule has 2 bridgehead atoms. The fraction of sp³-hybridized carbons (Fsp3) is 0.562. The van der Waals surface area contributed by atoms with E-state index in [4.69, 9.17) is 0 Å². The van der Waals surface area contributed by atoms with Gasteiger partial charge in [0.05, 0.1) is 0 Å². The van der Waals surface area contributed by atoms with Crippen LogP contribution in [0.3, 0.4) is 0 Å². The van der Waals surface area contributed by atoms with Crippen LogP contribution in [0.2, 0.25) is 0 Å². The molecule has 0 heterocycles. The van der Waals surface area contributed by atoms with Crippen molar-refractivity contribution in [2.75, 3.05) is 13.6 Å². The number of halogens is 1. The first-order valence-electron chi connectivity index (χ1n) is 7.14. The normalized spacial score (nSPS) is 28.6. The van der Waals surface area contributed by atoms with Crippen LogP contribution < -0.4 is 0 Å². The van der Waals surface area contributed by atoms with Crippen molar-refractivity contribution < 1.29 is 4.79 Å². The number of hydrogen-bond donors (Lipinski definition) is 0. The summed E-state index contributed by atoms with van der Waals surface area (Å²) in [6, 6.07) is 7.87. The number of benzene rings is 1. The van der Waals surface area contributed by atoms with E-state index in [1.54, 1.807) is 0 Å². The fourth-order valence-electron chi connectivity index (χ4n) is 3.88. The number of fused-ring (bicyclic) bond motifs is 2. The third-order valence-electron chi connectivity index (χ3n) is 4.81. The summed E-state index contributed by atoms with van der Waals surface area (Å²) >= 11 is 2.26. The van der Waals surface area contributed by atoms with Crippen LogP contribution in [0.4, 0.5) is 0 Å². The molecule has 2 nitrogen and oxygen atoms in total. The molecule has 1 amide bonds. The quantitative estimate of drug-likeness (QED) is 0.743. The molecule has 0 aromatic heterocycles. The third kappa shape index (κ3) is 2.81. The number of carbonyl (C=O) groups is 1. The summed E-state index contributed by atoms with van der Waals surface area (Å²) in [5.74, 6) is 2.75. The lowest BCUT2D eigenvalue weighted by Gasteiger charge is -2.27. The number of amides is 1. The van der Waals surface area contributed by atoms with E-state index >= 15 is 0 Å². The summed E-state index contributed by atoms with van der Waals surface area (Å²) < 4.78 is 1.12. The second-order valence-corrected chi connectivity index (χ2v) is 7.38. The van der Waals surface area contributed by atoms with Gasteiger partial charge in [0.1, 0.15) is 0 Å². The van der Waals surface area contributed by atoms with E-state index in [1.165, 1.54) is 25.7 Å². The zero-order valence-electron chi connectivity index (χ0n) is 11.3. The lowest BCUT2D eigenvalue weighted by Crippen LogP contribution is -2.33. The average Bonchev–Trinajstić information content (AvgIpc) is 3.00. The van der Waals surface area contributed by atoms with Crippen molar-refractivity contribution in [3.05, 3.63) is 33.4 Å². The molecule has 3 unspecified atom stereocenters. The topological polar surface area (TPSA) is 20.3 Å². The number of hydrogen-bond acceptors (Lipinski definition) is 1. The van der Waals surface area contributed by atoms with Crippen molar-refractivity contribution in [2.45, 2.75) is 25.7 Å². The Morgan fingerprint density at radius 3 is 2.84 bits per heavy atom. The SMILES string of the molecule is CN(CC1CC2CCC1C2)C(=O)c1cccc(I)c1. The van der Waals surface area contributed by atoms with Crippen molar-refractivity contribution in [3.63, 3.8) is 0 Å². The maximum Gasteiger partial charge on any atom is 0.253 e. The van der Waals surface area contributed by atoms with Gasteiger partial charge in [-0.25, -0.2) is 0 Å². The van der Waals surface area contributed by atoms with Gasteiger partial charge in [-0.05, 0) is 77.8 Å². The molecule has 1 aromatic rings. The van der Waals surface area contributed by atoms with Gasteiger partial charge in [-0.15, -0.1) is 0 Å². The predicted molar refractivity (Wildman–Crippen MR) is 85.1 cm³/mol. The minimum absolute atomic E-state index is 0.168. The Morgan fingerprint density at radius 2 is 2.21 bits per heavy atom. The summed E-state index contributed by atoms with van der Waals surface area (Å²) in [5.41, 5.74) is 0.817. The maximum atomic E-state index is 12.4. The first-order chi connectivity index (χ1) is 9.13. The lowest BCUT2D eigenvalue weighted by atomic mass is 9.88. The van der Waals surface area contributed by atoms with Gasteiger partial charge >= 0.3 is 0 Å². The standard InChI is InChI=1S/C16H20INO/c1-18(10-14-8-11-5-6-12(14)7-11)16(19)13-3-2-4-15(17)9-13/h2-4,9,11-12,14H,5-8,10H2,1H3. The highest BCUT2D eigenvalue weighted by Crippen LogP contribution is 2.48. The molecule has 2 aliphatic carbocycles. The van der Waals surface area contributed by atoms with Crippen LogP contribution in [0.5, 0.6) is 0 Å². The van der Waals surface area contributed by atoms with Crippen molar-refractivity contribution in [3.8, 4) is 0 Å². The molecule has 3 atom stereocenters. The maximum absolute atomic E-state index is 12.4. The number of rotatable bonds is 3. The molecule has 102 valence electrons. The van der Waals surface area contributed by atoms with Crippen LogP contribution in [-0.2, 0) is 0 Å². The Labute approximate surface area is 128 Å². The first kappa shape index (κ1) is 13.4. The van der Waals surface area contributed by atoms with E-state index in [9.17, 15) is 4.79 Å². The molecular formula is C16H20INO. The van der Waals surface area contributed by atoms with Crippen molar-refractivity contribution in [2.24, 2.45) is 17.8 Å². The van der Waals surface area contributed by atoms with Crippen LogP contribution >= 0.6 is 22.6 Å². The van der Waals surface area contributed by atoms with E-state index in [0.29, 0.717) is 0 Å². The molecule has 0 saturated heterocycles. The lowest BCUT2D eigenvalue weighted by molar-refractivity contribution is 0.0754. The molecule has 1 aromatic carbocycles. The molecule has 2 saturated carbocycles. The van der Waals surface area contributed by atoms with Gasteiger partial charge in [0.25, 0.3) is 5.91 Å². The van der Waals surface area contributed by atoms with Gasteiger partial charge in [0, 0.05) is 22.7 Å². The summed E-state index contributed by atoms with van der Waals surface area (Å²) in [6.07, 6.45) is 5.57. The largest absolute Gasteiger partial charge is 0.341 e. The number of carbonyl (C=O) groups excluding carboxylic acids is 1. The predicted octanol–water partition coefficient (Wildman–Crippen LogP) is 3.80. The highest BCUT2D eigenvalue weighted by Gasteiger charge is 2.40. The number of nitrogens with zero attached hydrogens (tertiary/aromatic N) is 1. The molecular weight excluding hydrogens is 349 g/mol. The molecule has 0 aliphatic heterocycles. The third-order valence-corrected chi connectivity index (χ3v) is 5.48. The van der Waals surface area contributed by atoms with E-state index in [0.717, 1.165) is 33.4 Å². The highest BCUT2D eigenvalue weighted by molar-refractivity contribution is 14.1. The summed E-state index contributed by atoms with van der Waals surface area (Å²) in [6.45, 7) is 0.936. The molecule has 0 N–H and O–H groups in total. The summed E-state index contributed by atoms with van der Waals surface area (Å²) in [4.78, 5) is 14.3. The smallest absolute Gasteiger partial charge is 0.253 e. The van der Waals surface area contributed by atoms with Gasteiger partial charge in [-0.3, -0.25) is 4.79 Å². The second kappa shape index (κ2) is 5.43. The first-order valence-corrected chi connectivity index (χ1v) is 8.22. The summed E-state index contributed by atoms with van der Waals surface area (Å²) in [7, 11) is 1.95. The van der Waals surface area contributed by atoms with Gasteiger partial charge in [-0.1, -0.05) is 12.5 Å². The Morgan fingerprint density at radius 1 is 1.37 bits per heavy atom. The van der Waals surface area contributed by atoms with Crippen molar-refractivity contribution in [1.82, 2.24) is 4.90 Å². The van der Waals surface area contributed by atoms with Gasteiger partial charge < -0.3 is 4.90 Å². The minimum Gasteiger partial charge on any atom is -0.341 e. The Bertz CT molecular complexity index is 487. The Kier molecular flexibility index (Phi) is 3.83. The van der Waals surface area contributed by atoms with Crippen LogP contribution in [-0.4, -0.2) is 24.4 Å². The van der Waals surface area contributed by atoms with Gasteiger partial charge in [-0.2, -0.15) is 0 Å². The van der Waals surface area contributed by atoms with E-state index in [1.807, 2.05) is 36.2 Å². The highest BCUT2D eigenvalue weighted by atomic mass is 127. The molecule has 2 aliphatic rings. The van der Waals surface area contributed by atoms with E-state index in [2.05, 4.69) is 22.6 Å². The van der Waals surface area contributed by atoms with Crippen LogP contribution in [0, 0.1) is 21.3 Å². The zero-order chi connectivity index (χ0) is 13.4. The Hall–Kier alpha value is -0.580. The molecule has 2 fully saturated rings. The van der Waals surface area contributed by atoms with Crippen LogP contribution in [0.15, 0.2) is 24.3 Å². The van der Waals surface area contributed by atoms with Crippen molar-refractivity contribution >= 4 is 28.5 Å². The van der Waals surface area contributed by atoms with Crippen LogP contribution in [0.25, 0.3) is 0 Å². The van der Waals surface area contributed by atoms with Gasteiger partial charge in [0.15, 0.2) is 0 Å². The monoisotopic (exact) mass is 369 g/mol. The Balaban J connectivity index is 1.64. The van der Waals surface area contributed by atoms with Crippen molar-refractivity contribution in [1.29, 1.82) is 0 Å².